The maximum atomic E-state index is 13.6. The van der Waals surface area contributed by atoms with Gasteiger partial charge in [0, 0.05) is 44.4 Å². The molecule has 0 aliphatic carbocycles. The third-order valence-electron chi connectivity index (χ3n) is 5.53. The van der Waals surface area contributed by atoms with Crippen LogP contribution in [0.25, 0.3) is 11.4 Å². The van der Waals surface area contributed by atoms with Crippen LogP contribution in [-0.2, 0) is 17.8 Å². The maximum Gasteiger partial charge on any atom is 0.244 e. The van der Waals surface area contributed by atoms with Gasteiger partial charge in [0.05, 0.1) is 0 Å². The first kappa shape index (κ1) is 21.0. The van der Waals surface area contributed by atoms with Crippen molar-refractivity contribution in [2.24, 2.45) is 0 Å². The van der Waals surface area contributed by atoms with Crippen molar-refractivity contribution in [3.63, 3.8) is 0 Å². The lowest BCUT2D eigenvalue weighted by atomic mass is 10.1. The Kier molecular flexibility index (Phi) is 6.25. The summed E-state index contributed by atoms with van der Waals surface area (Å²) in [6.45, 7) is 6.75. The van der Waals surface area contributed by atoms with Crippen LogP contribution in [0.4, 0.5) is 10.2 Å². The number of aromatic nitrogens is 4. The molecule has 31 heavy (non-hydrogen) atoms. The molecule has 4 rings (SSSR count). The van der Waals surface area contributed by atoms with Crippen LogP contribution in [0.1, 0.15) is 24.7 Å². The fraction of sp³-hybridized carbons (Fsp3) is 0.391. The number of rotatable bonds is 6. The Hall–Kier alpha value is -3.29. The van der Waals surface area contributed by atoms with E-state index in [4.69, 9.17) is 0 Å². The van der Waals surface area contributed by atoms with E-state index in [1.165, 1.54) is 6.07 Å². The summed E-state index contributed by atoms with van der Waals surface area (Å²) in [5.41, 5.74) is 1.30. The third kappa shape index (κ3) is 4.73. The Labute approximate surface area is 181 Å². The molecule has 0 radical (unpaired) electrons. The SMILES string of the molecule is CCCc1nc(-c2ccc(F)c(C)c2)nn1CC(=O)N1CCN(c2ccccn2)CC1. The fourth-order valence-corrected chi connectivity index (χ4v) is 3.77. The minimum atomic E-state index is -0.253. The topological polar surface area (TPSA) is 67.2 Å². The van der Waals surface area contributed by atoms with E-state index in [0.717, 1.165) is 43.1 Å². The summed E-state index contributed by atoms with van der Waals surface area (Å²) in [4.78, 5) is 26.1. The number of nitrogens with zero attached hydrogens (tertiary/aromatic N) is 6. The van der Waals surface area contributed by atoms with Gasteiger partial charge in [0.1, 0.15) is 24.0 Å². The number of carbonyl (C=O) groups is 1. The van der Waals surface area contributed by atoms with Crippen molar-refractivity contribution < 1.29 is 9.18 Å². The summed E-state index contributed by atoms with van der Waals surface area (Å²) in [6.07, 6.45) is 3.42. The van der Waals surface area contributed by atoms with Crippen molar-refractivity contribution in [2.75, 3.05) is 31.1 Å². The van der Waals surface area contributed by atoms with E-state index in [-0.39, 0.29) is 18.3 Å². The second-order valence-corrected chi connectivity index (χ2v) is 7.78. The van der Waals surface area contributed by atoms with Gasteiger partial charge in [-0.25, -0.2) is 19.0 Å². The number of hydrogen-bond donors (Lipinski definition) is 0. The van der Waals surface area contributed by atoms with Gasteiger partial charge in [-0.1, -0.05) is 13.0 Å². The molecule has 0 atom stereocenters. The molecule has 0 N–H and O–H groups in total. The van der Waals surface area contributed by atoms with Crippen molar-refractivity contribution in [1.29, 1.82) is 0 Å². The van der Waals surface area contributed by atoms with Gasteiger partial charge in [-0.3, -0.25) is 4.79 Å². The number of aryl methyl sites for hydroxylation is 2. The van der Waals surface area contributed by atoms with Gasteiger partial charge >= 0.3 is 0 Å². The van der Waals surface area contributed by atoms with Crippen LogP contribution < -0.4 is 4.90 Å². The molecule has 1 aromatic carbocycles. The summed E-state index contributed by atoms with van der Waals surface area (Å²) in [7, 11) is 0. The Bertz CT molecular complexity index is 1040. The average Bonchev–Trinajstić information content (AvgIpc) is 3.19. The van der Waals surface area contributed by atoms with Gasteiger partial charge in [0.15, 0.2) is 5.82 Å². The summed E-state index contributed by atoms with van der Waals surface area (Å²) in [5, 5.41) is 4.58. The van der Waals surface area contributed by atoms with E-state index >= 15 is 0 Å². The molecule has 0 unspecified atom stereocenters. The smallest absolute Gasteiger partial charge is 0.244 e. The molecular formula is C23H27FN6O. The average molecular weight is 423 g/mol. The van der Waals surface area contributed by atoms with Gasteiger partial charge in [-0.2, -0.15) is 5.10 Å². The zero-order chi connectivity index (χ0) is 21.8. The van der Waals surface area contributed by atoms with Gasteiger partial charge in [-0.15, -0.1) is 0 Å². The largest absolute Gasteiger partial charge is 0.353 e. The Balaban J connectivity index is 1.45. The van der Waals surface area contributed by atoms with Crippen molar-refractivity contribution in [1.82, 2.24) is 24.6 Å². The first-order chi connectivity index (χ1) is 15.0. The zero-order valence-corrected chi connectivity index (χ0v) is 18.0. The first-order valence-electron chi connectivity index (χ1n) is 10.7. The molecule has 2 aromatic heterocycles. The summed E-state index contributed by atoms with van der Waals surface area (Å²) < 4.78 is 15.3. The first-order valence-corrected chi connectivity index (χ1v) is 10.7. The van der Waals surface area contributed by atoms with Gasteiger partial charge < -0.3 is 9.80 Å². The van der Waals surface area contributed by atoms with Crippen molar-refractivity contribution in [3.05, 3.63) is 59.8 Å². The second kappa shape index (κ2) is 9.24. The van der Waals surface area contributed by atoms with Gasteiger partial charge in [-0.05, 0) is 49.2 Å². The minimum Gasteiger partial charge on any atom is -0.353 e. The van der Waals surface area contributed by atoms with Gasteiger partial charge in [0.2, 0.25) is 5.91 Å². The maximum absolute atomic E-state index is 13.6. The van der Waals surface area contributed by atoms with Crippen LogP contribution in [0, 0.1) is 12.7 Å². The monoisotopic (exact) mass is 422 g/mol. The lowest BCUT2D eigenvalue weighted by Crippen LogP contribution is -2.50. The van der Waals surface area contributed by atoms with Crippen molar-refractivity contribution >= 4 is 11.7 Å². The Morgan fingerprint density at radius 3 is 2.61 bits per heavy atom. The highest BCUT2D eigenvalue weighted by molar-refractivity contribution is 5.76. The lowest BCUT2D eigenvalue weighted by Gasteiger charge is -2.35. The molecule has 1 aliphatic heterocycles. The van der Waals surface area contributed by atoms with E-state index in [1.807, 2.05) is 23.1 Å². The molecule has 1 saturated heterocycles. The number of hydrogen-bond acceptors (Lipinski definition) is 5. The quantitative estimate of drug-likeness (QED) is 0.611. The molecule has 1 amide bonds. The number of carbonyl (C=O) groups excluding carboxylic acids is 1. The highest BCUT2D eigenvalue weighted by Gasteiger charge is 2.23. The molecule has 3 heterocycles. The van der Waals surface area contributed by atoms with Crippen LogP contribution >= 0.6 is 0 Å². The molecule has 0 bridgehead atoms. The Morgan fingerprint density at radius 2 is 1.94 bits per heavy atom. The van der Waals surface area contributed by atoms with E-state index < -0.39 is 0 Å². The van der Waals surface area contributed by atoms with E-state index in [0.29, 0.717) is 24.5 Å². The zero-order valence-electron chi connectivity index (χ0n) is 18.0. The molecule has 3 aromatic rings. The number of benzene rings is 1. The second-order valence-electron chi connectivity index (χ2n) is 7.78. The summed E-state index contributed by atoms with van der Waals surface area (Å²) in [6, 6.07) is 10.7. The number of anilines is 1. The number of amides is 1. The van der Waals surface area contributed by atoms with Crippen LogP contribution in [0.15, 0.2) is 42.6 Å². The van der Waals surface area contributed by atoms with E-state index in [1.54, 1.807) is 29.9 Å². The summed E-state index contributed by atoms with van der Waals surface area (Å²) >= 11 is 0. The van der Waals surface area contributed by atoms with E-state index in [2.05, 4.69) is 26.9 Å². The van der Waals surface area contributed by atoms with Crippen LogP contribution in [0.2, 0.25) is 0 Å². The minimum absolute atomic E-state index is 0.0322. The standard InChI is InChI=1S/C23H27FN6O/c1-3-6-21-26-23(18-8-9-19(24)17(2)15-18)27-30(21)16-22(31)29-13-11-28(12-14-29)20-7-4-5-10-25-20/h4-5,7-10,15H,3,6,11-14,16H2,1-2H3. The molecule has 1 aliphatic rings. The van der Waals surface area contributed by atoms with Crippen molar-refractivity contribution in [2.45, 2.75) is 33.2 Å². The van der Waals surface area contributed by atoms with E-state index in [9.17, 15) is 9.18 Å². The fourth-order valence-electron chi connectivity index (χ4n) is 3.77. The highest BCUT2D eigenvalue weighted by Crippen LogP contribution is 2.20. The predicted octanol–water partition coefficient (Wildman–Crippen LogP) is 3.09. The number of piperazine rings is 1. The highest BCUT2D eigenvalue weighted by atomic mass is 19.1. The molecule has 7 nitrogen and oxygen atoms in total. The number of halogens is 1. The van der Waals surface area contributed by atoms with Crippen LogP contribution in [0.5, 0.6) is 0 Å². The molecule has 0 saturated carbocycles. The predicted molar refractivity (Wildman–Crippen MR) is 117 cm³/mol. The third-order valence-corrected chi connectivity index (χ3v) is 5.53. The normalized spacial score (nSPS) is 14.2. The summed E-state index contributed by atoms with van der Waals surface area (Å²) in [5.74, 6) is 2.02. The number of pyridine rings is 1. The Morgan fingerprint density at radius 1 is 1.13 bits per heavy atom. The van der Waals surface area contributed by atoms with Crippen LogP contribution in [0.3, 0.4) is 0 Å². The van der Waals surface area contributed by atoms with Crippen LogP contribution in [-0.4, -0.2) is 56.7 Å². The molecule has 162 valence electrons. The molecule has 8 heteroatoms. The van der Waals surface area contributed by atoms with Crippen molar-refractivity contribution in [3.8, 4) is 11.4 Å². The van der Waals surface area contributed by atoms with Gasteiger partial charge in [0.25, 0.3) is 0 Å². The molecule has 0 spiro atoms. The lowest BCUT2D eigenvalue weighted by molar-refractivity contribution is -0.132. The molecular weight excluding hydrogens is 395 g/mol. The molecule has 1 fully saturated rings.